The van der Waals surface area contributed by atoms with Crippen molar-refractivity contribution in [1.29, 1.82) is 0 Å². The summed E-state index contributed by atoms with van der Waals surface area (Å²) in [6.45, 7) is 6.46. The van der Waals surface area contributed by atoms with Crippen molar-refractivity contribution in [2.75, 3.05) is 25.0 Å². The SMILES string of the molecule is CCn1ccnc1NCC1CCCNC1. The lowest BCUT2D eigenvalue weighted by Gasteiger charge is -2.23. The standard InChI is InChI=1S/C11H20N4/c1-2-15-7-6-13-11(15)14-9-10-4-3-5-12-8-10/h6-7,10,12H,2-5,8-9H2,1H3,(H,13,14). The predicted octanol–water partition coefficient (Wildman–Crippen LogP) is 1.31. The molecule has 0 aliphatic carbocycles. The molecule has 1 aliphatic rings. The Morgan fingerprint density at radius 1 is 1.67 bits per heavy atom. The summed E-state index contributed by atoms with van der Waals surface area (Å²) in [4.78, 5) is 4.30. The Kier molecular flexibility index (Phi) is 3.61. The highest BCUT2D eigenvalue weighted by Gasteiger charge is 2.13. The third kappa shape index (κ3) is 2.72. The molecule has 1 saturated heterocycles. The van der Waals surface area contributed by atoms with Crippen molar-refractivity contribution in [2.45, 2.75) is 26.3 Å². The molecule has 4 nitrogen and oxygen atoms in total. The average molecular weight is 208 g/mol. The monoisotopic (exact) mass is 208 g/mol. The first kappa shape index (κ1) is 10.5. The van der Waals surface area contributed by atoms with Crippen molar-refractivity contribution in [2.24, 2.45) is 5.92 Å². The number of rotatable bonds is 4. The average Bonchev–Trinajstić information content (AvgIpc) is 2.75. The Hall–Kier alpha value is -1.03. The van der Waals surface area contributed by atoms with Gasteiger partial charge in [-0.05, 0) is 38.8 Å². The smallest absolute Gasteiger partial charge is 0.202 e. The van der Waals surface area contributed by atoms with Gasteiger partial charge in [0, 0.05) is 25.5 Å². The van der Waals surface area contributed by atoms with Gasteiger partial charge in [-0.15, -0.1) is 0 Å². The van der Waals surface area contributed by atoms with Crippen molar-refractivity contribution in [3.8, 4) is 0 Å². The van der Waals surface area contributed by atoms with E-state index in [1.54, 1.807) is 0 Å². The highest BCUT2D eigenvalue weighted by Crippen LogP contribution is 2.11. The number of aromatic nitrogens is 2. The van der Waals surface area contributed by atoms with Crippen molar-refractivity contribution in [1.82, 2.24) is 14.9 Å². The molecule has 15 heavy (non-hydrogen) atoms. The molecule has 0 aromatic carbocycles. The third-order valence-electron chi connectivity index (χ3n) is 3.00. The molecule has 2 rings (SSSR count). The summed E-state index contributed by atoms with van der Waals surface area (Å²) in [5.41, 5.74) is 0. The van der Waals surface area contributed by atoms with Crippen LogP contribution in [-0.4, -0.2) is 29.2 Å². The van der Waals surface area contributed by atoms with E-state index in [2.05, 4.69) is 27.1 Å². The normalized spacial score (nSPS) is 21.5. The van der Waals surface area contributed by atoms with Gasteiger partial charge in [-0.2, -0.15) is 0 Å². The summed E-state index contributed by atoms with van der Waals surface area (Å²) in [6.07, 6.45) is 6.49. The maximum absolute atomic E-state index is 4.30. The quantitative estimate of drug-likeness (QED) is 0.784. The van der Waals surface area contributed by atoms with Gasteiger partial charge in [0.1, 0.15) is 0 Å². The van der Waals surface area contributed by atoms with E-state index in [-0.39, 0.29) is 0 Å². The number of aryl methyl sites for hydroxylation is 1. The largest absolute Gasteiger partial charge is 0.355 e. The number of anilines is 1. The van der Waals surface area contributed by atoms with Crippen LogP contribution < -0.4 is 10.6 Å². The number of nitrogens with zero attached hydrogens (tertiary/aromatic N) is 2. The highest BCUT2D eigenvalue weighted by atomic mass is 15.2. The van der Waals surface area contributed by atoms with E-state index in [1.165, 1.54) is 19.4 Å². The molecule has 0 spiro atoms. The minimum Gasteiger partial charge on any atom is -0.355 e. The van der Waals surface area contributed by atoms with Gasteiger partial charge in [0.15, 0.2) is 0 Å². The number of piperidine rings is 1. The molecule has 2 heterocycles. The lowest BCUT2D eigenvalue weighted by atomic mass is 10.00. The van der Waals surface area contributed by atoms with Gasteiger partial charge in [-0.1, -0.05) is 0 Å². The molecule has 0 saturated carbocycles. The van der Waals surface area contributed by atoms with Crippen LogP contribution in [0, 0.1) is 5.92 Å². The Balaban J connectivity index is 1.81. The maximum atomic E-state index is 4.30. The molecule has 1 unspecified atom stereocenters. The number of hydrogen-bond donors (Lipinski definition) is 2. The fraction of sp³-hybridized carbons (Fsp3) is 0.727. The fourth-order valence-electron chi connectivity index (χ4n) is 2.07. The van der Waals surface area contributed by atoms with E-state index in [4.69, 9.17) is 0 Å². The minimum absolute atomic E-state index is 0.751. The summed E-state index contributed by atoms with van der Waals surface area (Å²) in [7, 11) is 0. The number of imidazole rings is 1. The van der Waals surface area contributed by atoms with Crippen LogP contribution in [0.4, 0.5) is 5.95 Å². The Morgan fingerprint density at radius 2 is 2.60 bits per heavy atom. The molecule has 1 aromatic heterocycles. The van der Waals surface area contributed by atoms with Crippen molar-refractivity contribution < 1.29 is 0 Å². The fourth-order valence-corrected chi connectivity index (χ4v) is 2.07. The molecule has 0 bridgehead atoms. The van der Waals surface area contributed by atoms with Crippen LogP contribution in [0.2, 0.25) is 0 Å². The summed E-state index contributed by atoms with van der Waals surface area (Å²) >= 11 is 0. The molecular weight excluding hydrogens is 188 g/mol. The van der Waals surface area contributed by atoms with E-state index < -0.39 is 0 Å². The summed E-state index contributed by atoms with van der Waals surface area (Å²) in [5.74, 6) is 1.75. The first-order valence-electron chi connectivity index (χ1n) is 5.86. The van der Waals surface area contributed by atoms with Gasteiger partial charge in [-0.3, -0.25) is 0 Å². The zero-order valence-corrected chi connectivity index (χ0v) is 9.37. The van der Waals surface area contributed by atoms with Crippen molar-refractivity contribution in [3.05, 3.63) is 12.4 Å². The first-order chi connectivity index (χ1) is 7.40. The Morgan fingerprint density at radius 3 is 3.33 bits per heavy atom. The molecule has 4 heteroatoms. The third-order valence-corrected chi connectivity index (χ3v) is 3.00. The first-order valence-corrected chi connectivity index (χ1v) is 5.86. The molecule has 2 N–H and O–H groups in total. The lowest BCUT2D eigenvalue weighted by molar-refractivity contribution is 0.392. The van der Waals surface area contributed by atoms with Gasteiger partial charge < -0.3 is 15.2 Å². The van der Waals surface area contributed by atoms with Gasteiger partial charge in [-0.25, -0.2) is 4.98 Å². The van der Waals surface area contributed by atoms with E-state index in [0.29, 0.717) is 0 Å². The van der Waals surface area contributed by atoms with Crippen molar-refractivity contribution >= 4 is 5.95 Å². The number of hydrogen-bond acceptors (Lipinski definition) is 3. The van der Waals surface area contributed by atoms with Gasteiger partial charge >= 0.3 is 0 Å². The van der Waals surface area contributed by atoms with Gasteiger partial charge in [0.2, 0.25) is 5.95 Å². The molecule has 1 aliphatic heterocycles. The maximum Gasteiger partial charge on any atom is 0.202 e. The van der Waals surface area contributed by atoms with Crippen LogP contribution in [0.15, 0.2) is 12.4 Å². The second-order valence-electron chi connectivity index (χ2n) is 4.13. The number of nitrogens with one attached hydrogen (secondary N) is 2. The minimum atomic E-state index is 0.751. The zero-order valence-electron chi connectivity index (χ0n) is 9.37. The second-order valence-corrected chi connectivity index (χ2v) is 4.13. The Bertz CT molecular complexity index is 289. The van der Waals surface area contributed by atoms with Crippen LogP contribution in [0.5, 0.6) is 0 Å². The van der Waals surface area contributed by atoms with Crippen LogP contribution in [0.1, 0.15) is 19.8 Å². The summed E-state index contributed by atoms with van der Waals surface area (Å²) < 4.78 is 2.14. The van der Waals surface area contributed by atoms with Crippen LogP contribution >= 0.6 is 0 Å². The molecule has 84 valence electrons. The second kappa shape index (κ2) is 5.16. The molecule has 0 amide bonds. The van der Waals surface area contributed by atoms with Gasteiger partial charge in [0.05, 0.1) is 0 Å². The molecule has 1 atom stereocenters. The van der Waals surface area contributed by atoms with Crippen LogP contribution in [-0.2, 0) is 6.54 Å². The van der Waals surface area contributed by atoms with Gasteiger partial charge in [0.25, 0.3) is 0 Å². The van der Waals surface area contributed by atoms with Crippen LogP contribution in [0.25, 0.3) is 0 Å². The van der Waals surface area contributed by atoms with Crippen LogP contribution in [0.3, 0.4) is 0 Å². The lowest BCUT2D eigenvalue weighted by Crippen LogP contribution is -2.33. The Labute approximate surface area is 91.1 Å². The van der Waals surface area contributed by atoms with E-state index in [1.807, 2.05) is 12.4 Å². The zero-order chi connectivity index (χ0) is 10.5. The highest BCUT2D eigenvalue weighted by molar-refractivity contribution is 5.25. The van der Waals surface area contributed by atoms with Crippen molar-refractivity contribution in [3.63, 3.8) is 0 Å². The van der Waals surface area contributed by atoms with E-state index in [9.17, 15) is 0 Å². The summed E-state index contributed by atoms with van der Waals surface area (Å²) in [5, 5.41) is 6.85. The van der Waals surface area contributed by atoms with E-state index >= 15 is 0 Å². The molecule has 0 radical (unpaired) electrons. The molecule has 1 aromatic rings. The molecule has 1 fully saturated rings. The summed E-state index contributed by atoms with van der Waals surface area (Å²) in [6, 6.07) is 0. The molecular formula is C11H20N4. The van der Waals surface area contributed by atoms with E-state index in [0.717, 1.165) is 31.5 Å². The predicted molar refractivity (Wildman–Crippen MR) is 62.0 cm³/mol. The topological polar surface area (TPSA) is 41.9 Å².